The first kappa shape index (κ1) is 18.5. The number of nitrogens with zero attached hydrogens (tertiary/aromatic N) is 1. The van der Waals surface area contributed by atoms with Crippen LogP contribution in [0.5, 0.6) is 0 Å². The van der Waals surface area contributed by atoms with E-state index >= 15 is 0 Å². The molecule has 0 amide bonds. The van der Waals surface area contributed by atoms with Crippen LogP contribution in [0.15, 0.2) is 66.7 Å². The van der Waals surface area contributed by atoms with Gasteiger partial charge in [0.05, 0.1) is 0 Å². The maximum absolute atomic E-state index is 12.4. The van der Waals surface area contributed by atoms with Crippen LogP contribution >= 0.6 is 11.6 Å². The van der Waals surface area contributed by atoms with Crippen LogP contribution in [0, 0.1) is 13.8 Å². The Bertz CT molecular complexity index is 1020. The molecule has 0 radical (unpaired) electrons. The van der Waals surface area contributed by atoms with Crippen molar-refractivity contribution in [2.24, 2.45) is 0 Å². The fraction of sp³-hybridized carbons (Fsp3) is 0.160. The molecule has 140 valence electrons. The van der Waals surface area contributed by atoms with Crippen molar-refractivity contribution in [1.82, 2.24) is 0 Å². The van der Waals surface area contributed by atoms with Crippen molar-refractivity contribution in [2.75, 3.05) is 4.90 Å². The molecule has 0 spiro atoms. The monoisotopic (exact) mass is 387 g/mol. The summed E-state index contributed by atoms with van der Waals surface area (Å²) in [6, 6.07) is 19.9. The molecule has 3 aromatic carbocycles. The molecule has 2 nitrogen and oxygen atoms in total. The molecular weight excluding hydrogens is 366 g/mol. The summed E-state index contributed by atoms with van der Waals surface area (Å²) < 4.78 is 0. The largest absolute Gasteiger partial charge is 0.363 e. The number of hydrogen-bond acceptors (Lipinski definition) is 2. The van der Waals surface area contributed by atoms with Crippen LogP contribution in [0.25, 0.3) is 6.08 Å². The Labute approximate surface area is 171 Å². The second-order valence-electron chi connectivity index (χ2n) is 7.36. The predicted molar refractivity (Wildman–Crippen MR) is 117 cm³/mol. The van der Waals surface area contributed by atoms with Gasteiger partial charge in [0.2, 0.25) is 0 Å². The lowest BCUT2D eigenvalue weighted by Gasteiger charge is -2.17. The summed E-state index contributed by atoms with van der Waals surface area (Å²) in [5.74, 6) is -0.00235. The number of benzene rings is 3. The molecule has 4 rings (SSSR count). The molecule has 3 heteroatoms. The van der Waals surface area contributed by atoms with Crippen molar-refractivity contribution in [3.05, 3.63) is 105 Å². The summed E-state index contributed by atoms with van der Waals surface area (Å²) >= 11 is 5.89. The second-order valence-corrected chi connectivity index (χ2v) is 7.79. The first-order valence-corrected chi connectivity index (χ1v) is 9.79. The Morgan fingerprint density at radius 2 is 1.46 bits per heavy atom. The fourth-order valence-corrected chi connectivity index (χ4v) is 3.68. The van der Waals surface area contributed by atoms with E-state index in [1.807, 2.05) is 54.6 Å². The molecule has 0 aliphatic carbocycles. The zero-order chi connectivity index (χ0) is 19.7. The van der Waals surface area contributed by atoms with Crippen molar-refractivity contribution in [1.29, 1.82) is 0 Å². The molecule has 0 bridgehead atoms. The van der Waals surface area contributed by atoms with E-state index in [1.54, 1.807) is 6.08 Å². The van der Waals surface area contributed by atoms with E-state index in [4.69, 9.17) is 11.6 Å². The Kier molecular flexibility index (Phi) is 5.06. The number of allylic oxidation sites excluding steroid dienone is 1. The summed E-state index contributed by atoms with van der Waals surface area (Å²) in [4.78, 5) is 14.8. The average molecular weight is 388 g/mol. The Morgan fingerprint density at radius 3 is 2.04 bits per heavy atom. The minimum absolute atomic E-state index is 0.00235. The van der Waals surface area contributed by atoms with Gasteiger partial charge in [-0.2, -0.15) is 0 Å². The van der Waals surface area contributed by atoms with Gasteiger partial charge in [-0.15, -0.1) is 0 Å². The van der Waals surface area contributed by atoms with Gasteiger partial charge >= 0.3 is 0 Å². The first-order valence-electron chi connectivity index (χ1n) is 9.41. The van der Waals surface area contributed by atoms with Gasteiger partial charge in [-0.05, 0) is 84.1 Å². The molecule has 3 aromatic rings. The number of aryl methyl sites for hydroxylation is 2. The molecule has 0 atom stereocenters. The second kappa shape index (κ2) is 7.65. The van der Waals surface area contributed by atoms with Gasteiger partial charge in [0.15, 0.2) is 5.78 Å². The molecule has 1 heterocycles. The SMILES string of the molecule is Cc1cc2c(cc1C)CN(c1ccc(C(=O)/C=C/c3ccc(Cl)cc3)cc1)C2. The Balaban J connectivity index is 1.45. The molecule has 0 saturated carbocycles. The van der Waals surface area contributed by atoms with E-state index in [9.17, 15) is 4.79 Å². The molecular formula is C25H22ClNO. The van der Waals surface area contributed by atoms with Crippen LogP contribution in [-0.4, -0.2) is 5.78 Å². The van der Waals surface area contributed by atoms with Gasteiger partial charge in [-0.3, -0.25) is 4.79 Å². The fourth-order valence-electron chi connectivity index (χ4n) is 3.56. The standard InChI is InChI=1S/C25H22ClNO/c1-17-13-21-15-27(16-22(21)14-18(17)2)24-10-6-20(7-11-24)25(28)12-5-19-3-8-23(26)9-4-19/h3-14H,15-16H2,1-2H3/b12-5+. The van der Waals surface area contributed by atoms with E-state index in [0.717, 1.165) is 24.3 Å². The van der Waals surface area contributed by atoms with E-state index < -0.39 is 0 Å². The molecule has 28 heavy (non-hydrogen) atoms. The molecule has 1 aliphatic rings. The van der Waals surface area contributed by atoms with Gasteiger partial charge < -0.3 is 4.90 Å². The quantitative estimate of drug-likeness (QED) is 0.382. The highest BCUT2D eigenvalue weighted by atomic mass is 35.5. The van der Waals surface area contributed by atoms with Crippen molar-refractivity contribution in [3.63, 3.8) is 0 Å². The van der Waals surface area contributed by atoms with Crippen molar-refractivity contribution in [3.8, 4) is 0 Å². The van der Waals surface area contributed by atoms with Gasteiger partial charge in [0, 0.05) is 29.4 Å². The smallest absolute Gasteiger partial charge is 0.185 e. The summed E-state index contributed by atoms with van der Waals surface area (Å²) in [7, 11) is 0. The van der Waals surface area contributed by atoms with Crippen LogP contribution in [0.4, 0.5) is 5.69 Å². The number of fused-ring (bicyclic) bond motifs is 1. The number of ketones is 1. The van der Waals surface area contributed by atoms with E-state index in [-0.39, 0.29) is 5.78 Å². The van der Waals surface area contributed by atoms with Crippen molar-refractivity contribution in [2.45, 2.75) is 26.9 Å². The van der Waals surface area contributed by atoms with Crippen LogP contribution in [0.1, 0.15) is 38.2 Å². The third-order valence-electron chi connectivity index (χ3n) is 5.35. The summed E-state index contributed by atoms with van der Waals surface area (Å²) in [6.07, 6.45) is 3.42. The molecule has 0 N–H and O–H groups in total. The number of anilines is 1. The average Bonchev–Trinajstić information content (AvgIpc) is 3.10. The van der Waals surface area contributed by atoms with Crippen LogP contribution in [0.2, 0.25) is 5.02 Å². The third kappa shape index (κ3) is 3.88. The van der Waals surface area contributed by atoms with E-state index in [1.165, 1.54) is 22.3 Å². The number of hydrogen-bond donors (Lipinski definition) is 0. The summed E-state index contributed by atoms with van der Waals surface area (Å²) in [5.41, 5.74) is 8.27. The number of halogens is 1. The molecule has 0 unspecified atom stereocenters. The number of rotatable bonds is 4. The Hall–Kier alpha value is -2.84. The van der Waals surface area contributed by atoms with E-state index in [2.05, 4.69) is 30.9 Å². The lowest BCUT2D eigenvalue weighted by atomic mass is 10.0. The molecule has 0 saturated heterocycles. The number of carbonyl (C=O) groups is 1. The number of carbonyl (C=O) groups excluding carboxylic acids is 1. The highest BCUT2D eigenvalue weighted by Gasteiger charge is 2.20. The summed E-state index contributed by atoms with van der Waals surface area (Å²) in [5, 5.41) is 0.688. The minimum Gasteiger partial charge on any atom is -0.363 e. The maximum Gasteiger partial charge on any atom is 0.185 e. The maximum atomic E-state index is 12.4. The Morgan fingerprint density at radius 1 is 0.893 bits per heavy atom. The van der Waals surface area contributed by atoms with Crippen LogP contribution < -0.4 is 4.90 Å². The molecule has 1 aliphatic heterocycles. The van der Waals surface area contributed by atoms with Gasteiger partial charge in [0.1, 0.15) is 0 Å². The molecule has 0 aromatic heterocycles. The third-order valence-corrected chi connectivity index (χ3v) is 5.60. The lowest BCUT2D eigenvalue weighted by Crippen LogP contribution is -2.14. The zero-order valence-electron chi connectivity index (χ0n) is 16.1. The molecule has 0 fully saturated rings. The van der Waals surface area contributed by atoms with Crippen LogP contribution in [-0.2, 0) is 13.1 Å². The first-order chi connectivity index (χ1) is 13.5. The summed E-state index contributed by atoms with van der Waals surface area (Å²) in [6.45, 7) is 6.16. The normalized spacial score (nSPS) is 13.2. The van der Waals surface area contributed by atoms with Gasteiger partial charge in [0.25, 0.3) is 0 Å². The highest BCUT2D eigenvalue weighted by Crippen LogP contribution is 2.30. The van der Waals surface area contributed by atoms with Crippen molar-refractivity contribution < 1.29 is 4.79 Å². The zero-order valence-corrected chi connectivity index (χ0v) is 16.8. The van der Waals surface area contributed by atoms with Gasteiger partial charge in [-0.25, -0.2) is 0 Å². The lowest BCUT2D eigenvalue weighted by molar-refractivity contribution is 0.104. The highest BCUT2D eigenvalue weighted by molar-refractivity contribution is 6.30. The van der Waals surface area contributed by atoms with Crippen LogP contribution in [0.3, 0.4) is 0 Å². The topological polar surface area (TPSA) is 20.3 Å². The van der Waals surface area contributed by atoms with E-state index in [0.29, 0.717) is 10.6 Å². The predicted octanol–water partition coefficient (Wildman–Crippen LogP) is 6.37. The van der Waals surface area contributed by atoms with Gasteiger partial charge in [-0.1, -0.05) is 41.9 Å². The van der Waals surface area contributed by atoms with Crippen molar-refractivity contribution >= 4 is 29.1 Å². The minimum atomic E-state index is -0.00235.